The second-order valence-corrected chi connectivity index (χ2v) is 4.54. The molecular weight excluding hydrogens is 208 g/mol. The van der Waals surface area contributed by atoms with Crippen LogP contribution >= 0.6 is 0 Å². The minimum Gasteiger partial charge on any atom is -0.481 e. The van der Waals surface area contributed by atoms with Crippen LogP contribution < -0.4 is 9.86 Å². The Morgan fingerprint density at radius 3 is 2.07 bits per heavy atom. The summed E-state index contributed by atoms with van der Waals surface area (Å²) in [4.78, 5) is 10.9. The molecule has 0 amide bonds. The monoisotopic (exact) mass is 224 g/mol. The number of nitrogens with one attached hydrogen (secondary N) is 1. The summed E-state index contributed by atoms with van der Waals surface area (Å²) in [5, 5.41) is 13.7. The first-order valence-electron chi connectivity index (χ1n) is 4.28. The van der Waals surface area contributed by atoms with E-state index in [0.29, 0.717) is 12.8 Å². The molecule has 0 aromatic rings. The fraction of sp³-hybridized carbons (Fsp3) is 0.857. The highest BCUT2D eigenvalue weighted by molar-refractivity contribution is 7.87. The molecule has 0 rings (SSSR count). The maximum Gasteiger partial charge on any atom is 0.310 e. The van der Waals surface area contributed by atoms with E-state index >= 15 is 0 Å². The third-order valence-electron chi connectivity index (χ3n) is 2.42. The molecule has 0 fully saturated rings. The second kappa shape index (κ2) is 4.72. The Kier molecular flexibility index (Phi) is 4.50. The molecule has 0 bridgehead atoms. The van der Waals surface area contributed by atoms with E-state index in [2.05, 4.69) is 0 Å². The summed E-state index contributed by atoms with van der Waals surface area (Å²) >= 11 is 0. The quantitative estimate of drug-likeness (QED) is 0.573. The van der Waals surface area contributed by atoms with Crippen molar-refractivity contribution in [3.8, 4) is 0 Å². The highest BCUT2D eigenvalue weighted by Crippen LogP contribution is 2.25. The minimum absolute atomic E-state index is 0.172. The second-order valence-electron chi connectivity index (χ2n) is 3.16. The van der Waals surface area contributed by atoms with Gasteiger partial charge < -0.3 is 5.11 Å². The van der Waals surface area contributed by atoms with E-state index < -0.39 is 21.6 Å². The van der Waals surface area contributed by atoms with Gasteiger partial charge in [-0.2, -0.15) is 8.42 Å². The van der Waals surface area contributed by atoms with Crippen LogP contribution in [0.15, 0.2) is 0 Å². The predicted octanol–water partition coefficient (Wildman–Crippen LogP) is -0.329. The van der Waals surface area contributed by atoms with Crippen LogP contribution in [0.25, 0.3) is 0 Å². The first-order chi connectivity index (χ1) is 6.27. The van der Waals surface area contributed by atoms with Crippen molar-refractivity contribution in [3.63, 3.8) is 0 Å². The number of carboxylic acid groups (broad SMARTS) is 1. The number of carbonyl (C=O) groups is 1. The molecule has 14 heavy (non-hydrogen) atoms. The lowest BCUT2D eigenvalue weighted by Crippen LogP contribution is -2.44. The predicted molar refractivity (Wildman–Crippen MR) is 51.8 cm³/mol. The van der Waals surface area contributed by atoms with Gasteiger partial charge in [0, 0.05) is 6.54 Å². The van der Waals surface area contributed by atoms with E-state index in [1.165, 1.54) is 0 Å². The molecule has 0 aliphatic rings. The summed E-state index contributed by atoms with van der Waals surface area (Å²) in [7, 11) is -3.82. The smallest absolute Gasteiger partial charge is 0.310 e. The molecule has 4 N–H and O–H groups in total. The standard InChI is InChI=1S/C7H16N2O4S/c1-3-7(4-2,6(10)11)5-9-14(8,12)13/h9H,3-5H2,1-2H3,(H,10,11)(H2,8,12,13). The Bertz CT molecular complexity index is 295. The number of hydrogen-bond acceptors (Lipinski definition) is 3. The Hall–Kier alpha value is -0.660. The van der Waals surface area contributed by atoms with Crippen molar-refractivity contribution in [2.45, 2.75) is 26.7 Å². The molecule has 0 aromatic heterocycles. The zero-order chi connectivity index (χ0) is 11.4. The van der Waals surface area contributed by atoms with Gasteiger partial charge in [-0.25, -0.2) is 9.86 Å². The van der Waals surface area contributed by atoms with Crippen molar-refractivity contribution in [1.29, 1.82) is 0 Å². The summed E-state index contributed by atoms with van der Waals surface area (Å²) in [5.74, 6) is -1.02. The van der Waals surface area contributed by atoms with E-state index in [1.54, 1.807) is 13.8 Å². The van der Waals surface area contributed by atoms with E-state index in [0.717, 1.165) is 0 Å². The van der Waals surface area contributed by atoms with Crippen LogP contribution in [0.5, 0.6) is 0 Å². The first-order valence-corrected chi connectivity index (χ1v) is 5.83. The van der Waals surface area contributed by atoms with Crippen LogP contribution in [0.1, 0.15) is 26.7 Å². The van der Waals surface area contributed by atoms with Crippen molar-refractivity contribution in [2.75, 3.05) is 6.54 Å². The molecule has 0 unspecified atom stereocenters. The van der Waals surface area contributed by atoms with E-state index in [1.807, 2.05) is 4.72 Å². The van der Waals surface area contributed by atoms with Gasteiger partial charge in [0.15, 0.2) is 0 Å². The maximum atomic E-state index is 10.9. The Morgan fingerprint density at radius 2 is 1.86 bits per heavy atom. The van der Waals surface area contributed by atoms with Crippen molar-refractivity contribution in [3.05, 3.63) is 0 Å². The van der Waals surface area contributed by atoms with Crippen LogP contribution in [0, 0.1) is 5.41 Å². The molecule has 0 saturated carbocycles. The summed E-state index contributed by atoms with van der Waals surface area (Å²) in [6.45, 7) is 3.22. The molecule has 0 saturated heterocycles. The van der Waals surface area contributed by atoms with Gasteiger partial charge in [-0.3, -0.25) is 4.79 Å². The first kappa shape index (κ1) is 13.3. The number of hydrogen-bond donors (Lipinski definition) is 3. The van der Waals surface area contributed by atoms with Gasteiger partial charge >= 0.3 is 5.97 Å². The molecule has 0 atom stereocenters. The number of carboxylic acids is 1. The van der Waals surface area contributed by atoms with E-state index in [9.17, 15) is 13.2 Å². The molecule has 0 aromatic carbocycles. The van der Waals surface area contributed by atoms with Gasteiger partial charge in [-0.05, 0) is 12.8 Å². The van der Waals surface area contributed by atoms with Crippen LogP contribution in [0.4, 0.5) is 0 Å². The number of aliphatic carboxylic acids is 1. The van der Waals surface area contributed by atoms with Crippen LogP contribution in [-0.4, -0.2) is 26.0 Å². The lowest BCUT2D eigenvalue weighted by Gasteiger charge is -2.26. The lowest BCUT2D eigenvalue weighted by molar-refractivity contribution is -0.149. The number of rotatable bonds is 6. The van der Waals surface area contributed by atoms with Gasteiger partial charge in [0.1, 0.15) is 0 Å². The average Bonchev–Trinajstić information content (AvgIpc) is 2.04. The molecule has 0 radical (unpaired) electrons. The fourth-order valence-electron chi connectivity index (χ4n) is 1.12. The molecule has 7 heteroatoms. The summed E-state index contributed by atoms with van der Waals surface area (Å²) < 4.78 is 23.2. The van der Waals surface area contributed by atoms with Crippen molar-refractivity contribution < 1.29 is 18.3 Å². The molecule has 0 spiro atoms. The zero-order valence-electron chi connectivity index (χ0n) is 8.28. The molecular formula is C7H16N2O4S. The van der Waals surface area contributed by atoms with Crippen LogP contribution in [-0.2, 0) is 15.0 Å². The average molecular weight is 224 g/mol. The van der Waals surface area contributed by atoms with Gasteiger partial charge in [-0.1, -0.05) is 13.8 Å². The van der Waals surface area contributed by atoms with E-state index in [4.69, 9.17) is 10.2 Å². The highest BCUT2D eigenvalue weighted by Gasteiger charge is 2.35. The highest BCUT2D eigenvalue weighted by atomic mass is 32.2. The number of nitrogens with two attached hydrogens (primary N) is 1. The third-order valence-corrected chi connectivity index (χ3v) is 2.97. The molecule has 0 aliphatic carbocycles. The summed E-state index contributed by atoms with van der Waals surface area (Å²) in [6.07, 6.45) is 0.697. The van der Waals surface area contributed by atoms with Gasteiger partial charge in [-0.15, -0.1) is 0 Å². The van der Waals surface area contributed by atoms with Crippen molar-refractivity contribution in [2.24, 2.45) is 10.6 Å². The lowest BCUT2D eigenvalue weighted by atomic mass is 9.83. The largest absolute Gasteiger partial charge is 0.481 e. The molecule has 84 valence electrons. The summed E-state index contributed by atoms with van der Waals surface area (Å²) in [6, 6.07) is 0. The normalized spacial score (nSPS) is 12.8. The minimum atomic E-state index is -3.82. The van der Waals surface area contributed by atoms with Crippen molar-refractivity contribution >= 4 is 16.2 Å². The fourth-order valence-corrected chi connectivity index (χ4v) is 1.59. The maximum absolute atomic E-state index is 10.9. The van der Waals surface area contributed by atoms with Gasteiger partial charge in [0.25, 0.3) is 10.2 Å². The van der Waals surface area contributed by atoms with Gasteiger partial charge in [0.05, 0.1) is 5.41 Å². The molecule has 6 nitrogen and oxygen atoms in total. The topological polar surface area (TPSA) is 109 Å². The Balaban J connectivity index is 4.61. The molecule has 0 aliphatic heterocycles. The summed E-state index contributed by atoms with van der Waals surface area (Å²) in [5.41, 5.74) is -1.06. The zero-order valence-corrected chi connectivity index (χ0v) is 9.10. The SMILES string of the molecule is CCC(CC)(CNS(N)(=O)=O)C(=O)O. The molecule has 0 heterocycles. The Morgan fingerprint density at radius 1 is 1.43 bits per heavy atom. The van der Waals surface area contributed by atoms with Crippen LogP contribution in [0.3, 0.4) is 0 Å². The van der Waals surface area contributed by atoms with Crippen molar-refractivity contribution in [1.82, 2.24) is 4.72 Å². The van der Waals surface area contributed by atoms with Crippen LogP contribution in [0.2, 0.25) is 0 Å². The third kappa shape index (κ3) is 3.60. The van der Waals surface area contributed by atoms with E-state index in [-0.39, 0.29) is 6.54 Å². The Labute approximate surface area is 83.7 Å². The van der Waals surface area contributed by atoms with Gasteiger partial charge in [0.2, 0.25) is 0 Å².